The third kappa shape index (κ3) is 8.39. The molecule has 2 aliphatic carbocycles. The van der Waals surface area contributed by atoms with Gasteiger partial charge in [-0.2, -0.15) is 0 Å². The summed E-state index contributed by atoms with van der Waals surface area (Å²) in [7, 11) is 5.80. The van der Waals surface area contributed by atoms with Gasteiger partial charge in [0.2, 0.25) is 13.6 Å². The van der Waals surface area contributed by atoms with Gasteiger partial charge in [0, 0.05) is 22.3 Å². The zero-order valence-corrected chi connectivity index (χ0v) is 41.4. The molecule has 2 unspecified atom stereocenters. The van der Waals surface area contributed by atoms with Crippen LogP contribution in [0, 0.1) is 13.8 Å². The molecular weight excluding hydrogens is 921 g/mol. The molecule has 2 heterocycles. The number of hydrogen-bond acceptors (Lipinski definition) is 14. The zero-order chi connectivity index (χ0) is 50.9. The number of esters is 2. The van der Waals surface area contributed by atoms with Gasteiger partial charge in [-0.1, -0.05) is 50.2 Å². The maximum absolute atomic E-state index is 13.4. The summed E-state index contributed by atoms with van der Waals surface area (Å²) < 4.78 is 55.2. The molecule has 10 rings (SSSR count). The quantitative estimate of drug-likeness (QED) is 0.0991. The van der Waals surface area contributed by atoms with Crippen LogP contribution in [0.2, 0.25) is 0 Å². The van der Waals surface area contributed by atoms with Gasteiger partial charge in [0.1, 0.15) is 34.2 Å². The SMILES string of the molecule is CCCOc1ccc2c(c1)C(O)(c1ccc(OC)cc1C)C(C(=O)OC)=C2c1ccc2c(c1)OCO2.CCCOc1ccc2c(c1)C(O)(c1ccc(OC)cc1C)C(C(=O)OC)=C2c1ccc2c(c1)OCO2. The second kappa shape index (κ2) is 20.1. The lowest BCUT2D eigenvalue weighted by molar-refractivity contribution is -0.139. The van der Waals surface area contributed by atoms with E-state index in [2.05, 4.69) is 0 Å². The molecule has 72 heavy (non-hydrogen) atoms. The van der Waals surface area contributed by atoms with E-state index in [-0.39, 0.29) is 24.7 Å². The number of benzene rings is 6. The van der Waals surface area contributed by atoms with E-state index in [9.17, 15) is 19.8 Å². The lowest BCUT2D eigenvalue weighted by Gasteiger charge is -2.29. The van der Waals surface area contributed by atoms with Gasteiger partial charge < -0.3 is 57.6 Å². The molecule has 0 saturated heterocycles. The summed E-state index contributed by atoms with van der Waals surface area (Å²) in [5, 5.41) is 25.2. The molecule has 2 atom stereocenters. The lowest BCUT2D eigenvalue weighted by atomic mass is 9.80. The molecule has 4 aliphatic rings. The first-order valence-electron chi connectivity index (χ1n) is 23.6. The summed E-state index contributed by atoms with van der Waals surface area (Å²) in [6, 6.07) is 32.8. The highest BCUT2D eigenvalue weighted by molar-refractivity contribution is 6.10. The van der Waals surface area contributed by atoms with Gasteiger partial charge in [-0.05, 0) is 144 Å². The molecule has 0 spiro atoms. The van der Waals surface area contributed by atoms with Crippen molar-refractivity contribution in [3.05, 3.63) is 176 Å². The summed E-state index contributed by atoms with van der Waals surface area (Å²) in [5.74, 6) is 3.65. The van der Waals surface area contributed by atoms with Crippen LogP contribution in [0.5, 0.6) is 46.0 Å². The van der Waals surface area contributed by atoms with Gasteiger partial charge in [-0.15, -0.1) is 0 Å². The Labute approximate surface area is 417 Å². The Bertz CT molecular complexity index is 2960. The monoisotopic (exact) mass is 976 g/mol. The number of carbonyl (C=O) groups excluding carboxylic acids is 2. The van der Waals surface area contributed by atoms with Crippen molar-refractivity contribution in [3.8, 4) is 46.0 Å². The standard InChI is InChI=1S/2C29H28O7/c2*1-5-12-34-20-7-9-21-23(15-20)29(31,22-10-8-19(32-3)13-17(22)2)27(28(30)33-4)26(21)18-6-11-24-25(14-18)36-16-35-24/h2*6-11,13-15,31H,5,12,16H2,1-4H3. The van der Waals surface area contributed by atoms with E-state index in [4.69, 9.17) is 47.4 Å². The average molecular weight is 977 g/mol. The van der Waals surface area contributed by atoms with Crippen molar-refractivity contribution in [2.24, 2.45) is 0 Å². The van der Waals surface area contributed by atoms with Crippen LogP contribution in [0.3, 0.4) is 0 Å². The minimum atomic E-state index is -1.80. The predicted molar refractivity (Wildman–Crippen MR) is 267 cm³/mol. The van der Waals surface area contributed by atoms with Crippen molar-refractivity contribution in [1.82, 2.24) is 0 Å². The molecular formula is C58H56O14. The Morgan fingerprint density at radius 3 is 1.24 bits per heavy atom. The number of carbonyl (C=O) groups is 2. The molecule has 0 fully saturated rings. The van der Waals surface area contributed by atoms with Crippen LogP contribution in [0.15, 0.2) is 120 Å². The molecule has 2 aliphatic heterocycles. The molecule has 6 aromatic rings. The second-order valence-corrected chi connectivity index (χ2v) is 17.5. The molecule has 14 heteroatoms. The second-order valence-electron chi connectivity index (χ2n) is 17.5. The fraction of sp³-hybridized carbons (Fsp3) is 0.276. The van der Waals surface area contributed by atoms with Crippen LogP contribution in [0.25, 0.3) is 11.1 Å². The lowest BCUT2D eigenvalue weighted by Crippen LogP contribution is -2.33. The van der Waals surface area contributed by atoms with Gasteiger partial charge >= 0.3 is 11.9 Å². The highest BCUT2D eigenvalue weighted by Gasteiger charge is 2.52. The summed E-state index contributed by atoms with van der Waals surface area (Å²) in [4.78, 5) is 26.9. The van der Waals surface area contributed by atoms with Crippen molar-refractivity contribution < 1.29 is 67.2 Å². The van der Waals surface area contributed by atoms with E-state index < -0.39 is 23.1 Å². The molecule has 14 nitrogen and oxygen atoms in total. The summed E-state index contributed by atoms with van der Waals surface area (Å²) in [6.45, 7) is 9.13. The van der Waals surface area contributed by atoms with Crippen LogP contribution in [0.1, 0.15) is 82.3 Å². The number of fused-ring (bicyclic) bond motifs is 4. The first kappa shape index (κ1) is 49.1. The predicted octanol–water partition coefficient (Wildman–Crippen LogP) is 9.49. The van der Waals surface area contributed by atoms with Gasteiger partial charge in [0.05, 0.1) is 52.8 Å². The third-order valence-corrected chi connectivity index (χ3v) is 13.2. The highest BCUT2D eigenvalue weighted by atomic mass is 16.7. The molecule has 0 radical (unpaired) electrons. The largest absolute Gasteiger partial charge is 0.497 e. The number of rotatable bonds is 14. The number of aliphatic hydroxyl groups is 2. The molecule has 0 bridgehead atoms. The van der Waals surface area contributed by atoms with Crippen molar-refractivity contribution in [3.63, 3.8) is 0 Å². The van der Waals surface area contributed by atoms with Crippen molar-refractivity contribution in [2.45, 2.75) is 51.7 Å². The van der Waals surface area contributed by atoms with E-state index in [1.807, 2.05) is 88.4 Å². The van der Waals surface area contributed by atoms with Crippen molar-refractivity contribution >= 4 is 23.1 Å². The summed E-state index contributed by atoms with van der Waals surface area (Å²) in [6.07, 6.45) is 1.68. The fourth-order valence-corrected chi connectivity index (χ4v) is 9.91. The van der Waals surface area contributed by atoms with Crippen LogP contribution in [-0.4, -0.2) is 77.4 Å². The molecule has 372 valence electrons. The Morgan fingerprint density at radius 1 is 0.486 bits per heavy atom. The third-order valence-electron chi connectivity index (χ3n) is 13.2. The minimum absolute atomic E-state index is 0.125. The Morgan fingerprint density at radius 2 is 0.875 bits per heavy atom. The average Bonchev–Trinajstić information content (AvgIpc) is 4.19. The topological polar surface area (TPSA) is 167 Å². The number of hydrogen-bond donors (Lipinski definition) is 2. The highest BCUT2D eigenvalue weighted by Crippen LogP contribution is 2.56. The molecule has 6 aromatic carbocycles. The van der Waals surface area contributed by atoms with E-state index in [0.29, 0.717) is 115 Å². The van der Waals surface area contributed by atoms with Gasteiger partial charge in [0.25, 0.3) is 0 Å². The maximum Gasteiger partial charge on any atom is 0.338 e. The minimum Gasteiger partial charge on any atom is -0.497 e. The number of aryl methyl sites for hydroxylation is 2. The molecule has 0 amide bonds. The van der Waals surface area contributed by atoms with Crippen LogP contribution >= 0.6 is 0 Å². The van der Waals surface area contributed by atoms with Gasteiger partial charge in [-0.3, -0.25) is 0 Å². The Balaban J connectivity index is 0.000000178. The maximum atomic E-state index is 13.4. The summed E-state index contributed by atoms with van der Waals surface area (Å²) in [5.41, 5.74) is 4.29. The molecule has 0 aromatic heterocycles. The van der Waals surface area contributed by atoms with Crippen LogP contribution in [0.4, 0.5) is 0 Å². The van der Waals surface area contributed by atoms with E-state index in [1.165, 1.54) is 14.2 Å². The number of ether oxygens (including phenoxy) is 10. The van der Waals surface area contributed by atoms with Crippen molar-refractivity contribution in [2.75, 3.05) is 55.2 Å². The number of methoxy groups -OCH3 is 4. The van der Waals surface area contributed by atoms with Crippen LogP contribution < -0.4 is 37.9 Å². The Kier molecular flexibility index (Phi) is 13.7. The zero-order valence-electron chi connectivity index (χ0n) is 41.4. The van der Waals surface area contributed by atoms with E-state index in [1.54, 1.807) is 62.8 Å². The molecule has 0 saturated carbocycles. The van der Waals surface area contributed by atoms with Crippen molar-refractivity contribution in [1.29, 1.82) is 0 Å². The fourth-order valence-electron chi connectivity index (χ4n) is 9.91. The normalized spacial score (nSPS) is 17.7. The molecule has 2 N–H and O–H groups in total. The smallest absolute Gasteiger partial charge is 0.338 e. The first-order valence-corrected chi connectivity index (χ1v) is 23.6. The summed E-state index contributed by atoms with van der Waals surface area (Å²) >= 11 is 0. The van der Waals surface area contributed by atoms with E-state index >= 15 is 0 Å². The van der Waals surface area contributed by atoms with Gasteiger partial charge in [-0.25, -0.2) is 9.59 Å². The first-order chi connectivity index (χ1) is 34.8. The van der Waals surface area contributed by atoms with E-state index in [0.717, 1.165) is 24.0 Å². The van der Waals surface area contributed by atoms with Crippen LogP contribution in [-0.2, 0) is 30.3 Å². The Hall–Kier alpha value is -7.94. The van der Waals surface area contributed by atoms with Gasteiger partial charge in [0.15, 0.2) is 23.0 Å².